The molecule has 19 heavy (non-hydrogen) atoms. The molecule has 1 unspecified atom stereocenters. The molecule has 108 valence electrons. The van der Waals surface area contributed by atoms with Crippen LogP contribution in [0, 0.1) is 6.92 Å². The van der Waals surface area contributed by atoms with Crippen molar-refractivity contribution in [3.63, 3.8) is 0 Å². The van der Waals surface area contributed by atoms with Crippen molar-refractivity contribution in [1.82, 2.24) is 19.8 Å². The molecule has 0 spiro atoms. The van der Waals surface area contributed by atoms with Crippen LogP contribution >= 0.6 is 11.6 Å². The lowest BCUT2D eigenvalue weighted by Gasteiger charge is -2.40. The van der Waals surface area contributed by atoms with Gasteiger partial charge in [-0.1, -0.05) is 11.6 Å². The van der Waals surface area contributed by atoms with E-state index in [1.54, 1.807) is 0 Å². The molecular weight excluding hydrogens is 262 g/mol. The van der Waals surface area contributed by atoms with Crippen LogP contribution in [0.15, 0.2) is 0 Å². The first-order valence-electron chi connectivity index (χ1n) is 6.93. The van der Waals surface area contributed by atoms with Crippen LogP contribution < -0.4 is 5.73 Å². The van der Waals surface area contributed by atoms with Crippen molar-refractivity contribution in [2.75, 3.05) is 32.7 Å². The van der Waals surface area contributed by atoms with Crippen molar-refractivity contribution in [1.29, 1.82) is 0 Å². The van der Waals surface area contributed by atoms with Crippen molar-refractivity contribution in [3.05, 3.63) is 16.7 Å². The summed E-state index contributed by atoms with van der Waals surface area (Å²) < 4.78 is 0. The highest BCUT2D eigenvalue weighted by Gasteiger charge is 2.27. The van der Waals surface area contributed by atoms with Gasteiger partial charge in [0.15, 0.2) is 5.15 Å². The first-order chi connectivity index (χ1) is 9.02. The average molecular weight is 286 g/mol. The fraction of sp³-hybridized carbons (Fsp3) is 0.769. The van der Waals surface area contributed by atoms with Crippen LogP contribution in [0.25, 0.3) is 0 Å². The number of rotatable bonds is 4. The van der Waals surface area contributed by atoms with Gasteiger partial charge in [-0.2, -0.15) is 0 Å². The molecule has 1 saturated heterocycles. The van der Waals surface area contributed by atoms with Gasteiger partial charge in [-0.3, -0.25) is 9.80 Å². The first kappa shape index (κ1) is 14.8. The van der Waals surface area contributed by atoms with E-state index in [0.29, 0.717) is 17.7 Å². The van der Waals surface area contributed by atoms with Crippen LogP contribution in [-0.4, -0.2) is 58.5 Å². The number of hydrogen-bond donors (Lipinski definition) is 2. The molecule has 1 fully saturated rings. The summed E-state index contributed by atoms with van der Waals surface area (Å²) in [7, 11) is 0. The second-order valence-corrected chi connectivity index (χ2v) is 5.80. The van der Waals surface area contributed by atoms with Gasteiger partial charge in [-0.05, 0) is 20.8 Å². The summed E-state index contributed by atoms with van der Waals surface area (Å²) in [6.45, 7) is 11.2. The molecule has 6 heteroatoms. The summed E-state index contributed by atoms with van der Waals surface area (Å²) in [5, 5.41) is 0.555. The Hall–Kier alpha value is -0.620. The number of hydrogen-bond acceptors (Lipinski definition) is 4. The number of nitrogens with one attached hydrogen (secondary N) is 1. The highest BCUT2D eigenvalue weighted by Crippen LogP contribution is 2.26. The second kappa shape index (κ2) is 6.22. The molecule has 3 N–H and O–H groups in total. The minimum atomic E-state index is 0.142. The molecule has 0 aromatic carbocycles. The van der Waals surface area contributed by atoms with E-state index >= 15 is 0 Å². The Morgan fingerprint density at radius 1 is 1.26 bits per heavy atom. The van der Waals surface area contributed by atoms with Crippen molar-refractivity contribution in [2.24, 2.45) is 5.73 Å². The van der Waals surface area contributed by atoms with Gasteiger partial charge in [0.2, 0.25) is 0 Å². The molecule has 1 aliphatic heterocycles. The molecule has 2 heterocycles. The largest absolute Gasteiger partial charge is 0.343 e. The lowest BCUT2D eigenvalue weighted by atomic mass is 10.1. The predicted molar refractivity (Wildman–Crippen MR) is 78.4 cm³/mol. The smallest absolute Gasteiger partial charge is 0.152 e. The molecule has 1 aliphatic rings. The van der Waals surface area contributed by atoms with Gasteiger partial charge in [-0.15, -0.1) is 0 Å². The van der Waals surface area contributed by atoms with E-state index in [0.717, 1.165) is 37.7 Å². The molecule has 0 saturated carbocycles. The number of nitrogens with zero attached hydrogens (tertiary/aromatic N) is 3. The second-order valence-electron chi connectivity index (χ2n) is 5.44. The van der Waals surface area contributed by atoms with E-state index in [1.807, 2.05) is 6.92 Å². The van der Waals surface area contributed by atoms with E-state index in [2.05, 4.69) is 33.6 Å². The molecule has 1 aromatic rings. The maximum Gasteiger partial charge on any atom is 0.152 e. The molecule has 5 nitrogen and oxygen atoms in total. The van der Waals surface area contributed by atoms with Gasteiger partial charge in [0.1, 0.15) is 5.82 Å². The maximum atomic E-state index is 6.18. The summed E-state index contributed by atoms with van der Waals surface area (Å²) in [4.78, 5) is 12.4. The number of nitrogens with two attached hydrogens (primary N) is 1. The molecule has 1 atom stereocenters. The number of piperazine rings is 1. The first-order valence-corrected chi connectivity index (χ1v) is 7.31. The van der Waals surface area contributed by atoms with Gasteiger partial charge in [0, 0.05) is 38.8 Å². The van der Waals surface area contributed by atoms with E-state index in [4.69, 9.17) is 17.3 Å². The number of imidazole rings is 1. The van der Waals surface area contributed by atoms with Crippen LogP contribution in [-0.2, 0) is 0 Å². The fourth-order valence-corrected chi connectivity index (χ4v) is 3.02. The Morgan fingerprint density at radius 3 is 2.26 bits per heavy atom. The molecule has 1 aromatic heterocycles. The van der Waals surface area contributed by atoms with E-state index < -0.39 is 0 Å². The highest BCUT2D eigenvalue weighted by atomic mass is 35.5. The van der Waals surface area contributed by atoms with Crippen molar-refractivity contribution in [2.45, 2.75) is 32.9 Å². The van der Waals surface area contributed by atoms with Crippen molar-refractivity contribution < 1.29 is 0 Å². The molecule has 0 bridgehead atoms. The van der Waals surface area contributed by atoms with Crippen molar-refractivity contribution >= 4 is 11.6 Å². The fourth-order valence-electron chi connectivity index (χ4n) is 2.72. The third-order valence-electron chi connectivity index (χ3n) is 3.88. The third-order valence-corrected chi connectivity index (χ3v) is 4.17. The number of aromatic amines is 1. The minimum absolute atomic E-state index is 0.142. The number of aromatic nitrogens is 2. The van der Waals surface area contributed by atoms with E-state index in [1.165, 1.54) is 0 Å². The topological polar surface area (TPSA) is 61.2 Å². The minimum Gasteiger partial charge on any atom is -0.343 e. The van der Waals surface area contributed by atoms with Crippen LogP contribution in [0.5, 0.6) is 0 Å². The van der Waals surface area contributed by atoms with E-state index in [9.17, 15) is 0 Å². The Morgan fingerprint density at radius 2 is 1.84 bits per heavy atom. The standard InChI is InChI=1S/C13H24ClN5/c1-9(2)18-4-6-19(7-5-18)11(8-15)12-13(14)17-10(3)16-12/h9,11H,4-8,15H2,1-3H3,(H,16,17). The van der Waals surface area contributed by atoms with E-state index in [-0.39, 0.29) is 6.04 Å². The molecule has 2 rings (SSSR count). The summed E-state index contributed by atoms with van der Waals surface area (Å²) in [5.41, 5.74) is 6.90. The monoisotopic (exact) mass is 285 g/mol. The Bertz CT molecular complexity index is 409. The normalized spacial score (nSPS) is 20.1. The summed E-state index contributed by atoms with van der Waals surface area (Å²) in [5.74, 6) is 0.847. The third kappa shape index (κ3) is 3.28. The van der Waals surface area contributed by atoms with Gasteiger partial charge in [0.05, 0.1) is 11.7 Å². The maximum absolute atomic E-state index is 6.18. The zero-order valence-electron chi connectivity index (χ0n) is 12.0. The van der Waals surface area contributed by atoms with Crippen molar-refractivity contribution in [3.8, 4) is 0 Å². The Labute approximate surface area is 120 Å². The number of H-pyrrole nitrogens is 1. The summed E-state index contributed by atoms with van der Waals surface area (Å²) in [6.07, 6.45) is 0. The molecule has 0 aliphatic carbocycles. The number of halogens is 1. The zero-order chi connectivity index (χ0) is 14.0. The SMILES string of the molecule is Cc1nc(Cl)c(C(CN)N2CCN(C(C)C)CC2)[nH]1. The van der Waals surface area contributed by atoms with Crippen LogP contribution in [0.4, 0.5) is 0 Å². The van der Waals surface area contributed by atoms with Crippen LogP contribution in [0.3, 0.4) is 0 Å². The Balaban J connectivity index is 2.06. The zero-order valence-corrected chi connectivity index (χ0v) is 12.7. The van der Waals surface area contributed by atoms with Gasteiger partial charge >= 0.3 is 0 Å². The highest BCUT2D eigenvalue weighted by molar-refractivity contribution is 6.30. The van der Waals surface area contributed by atoms with Crippen LogP contribution in [0.2, 0.25) is 5.15 Å². The van der Waals surface area contributed by atoms with Crippen LogP contribution in [0.1, 0.15) is 31.4 Å². The van der Waals surface area contributed by atoms with Gasteiger partial charge in [-0.25, -0.2) is 4.98 Å². The summed E-state index contributed by atoms with van der Waals surface area (Å²) >= 11 is 6.18. The summed E-state index contributed by atoms with van der Waals surface area (Å²) in [6, 6.07) is 0.750. The predicted octanol–water partition coefficient (Wildman–Crippen LogP) is 1.40. The van der Waals surface area contributed by atoms with Gasteiger partial charge < -0.3 is 10.7 Å². The quantitative estimate of drug-likeness (QED) is 0.878. The molecule has 0 amide bonds. The molecule has 0 radical (unpaired) electrons. The lowest BCUT2D eigenvalue weighted by molar-refractivity contribution is 0.0791. The number of aryl methyl sites for hydroxylation is 1. The average Bonchev–Trinajstić information content (AvgIpc) is 2.70. The van der Waals surface area contributed by atoms with Gasteiger partial charge in [0.25, 0.3) is 0 Å². The lowest BCUT2D eigenvalue weighted by Crippen LogP contribution is -2.51. The Kier molecular flexibility index (Phi) is 4.84. The molecular formula is C13H24ClN5.